The topological polar surface area (TPSA) is 88.6 Å². The molecular weight excluding hydrogens is 465 g/mol. The molecule has 1 aliphatic carbocycles. The fraction of sp³-hybridized carbons (Fsp3) is 0.333. The summed E-state index contributed by atoms with van der Waals surface area (Å²) in [6.07, 6.45) is 1.14. The molecule has 99 valence electrons. The van der Waals surface area contributed by atoms with Gasteiger partial charge < -0.3 is 19.6 Å². The molecule has 0 saturated carbocycles. The van der Waals surface area contributed by atoms with Gasteiger partial charge in [-0.1, -0.05) is 0 Å². The molecule has 0 unspecified atom stereocenters. The number of hydrogen-bond donors (Lipinski definition) is 2. The van der Waals surface area contributed by atoms with E-state index in [1.807, 2.05) is 0 Å². The number of nitrogens with one attached hydrogen (secondary N) is 1. The molecule has 1 radical (unpaired) electrons. The number of carbonyl (C=O) groups excluding carboxylic acids is 2. The van der Waals surface area contributed by atoms with Gasteiger partial charge in [0.15, 0.2) is 5.76 Å². The molecule has 0 fully saturated rings. The summed E-state index contributed by atoms with van der Waals surface area (Å²) in [6, 6.07) is 0. The van der Waals surface area contributed by atoms with Crippen LogP contribution in [0.1, 0.15) is 32.1 Å². The maximum absolute atomic E-state index is 12.1. The number of ether oxygens (including phenoxy) is 2. The van der Waals surface area contributed by atoms with Gasteiger partial charge in [0, 0.05) is 68.5 Å². The Balaban J connectivity index is 0.00000180. The van der Waals surface area contributed by atoms with Gasteiger partial charge in [-0.15, -0.1) is 0 Å². The SMILES string of the molecule is COCc1c(CO)[nH]c2c1C(=O)C(OC)=CC2=O.[Ac]. The number of Topliss-reactive ketones (excluding diaryl/α,β-unsaturated/α-hetero) is 1. The van der Waals surface area contributed by atoms with Gasteiger partial charge in [-0.2, -0.15) is 0 Å². The monoisotopic (exact) mass is 478 g/mol. The minimum absolute atomic E-state index is 0. The number of aliphatic hydroxyl groups is 1. The Hall–Kier alpha value is -0.478. The minimum atomic E-state index is -0.380. The van der Waals surface area contributed by atoms with Crippen LogP contribution >= 0.6 is 0 Å². The first-order chi connectivity index (χ1) is 8.63. The van der Waals surface area contributed by atoms with Crippen molar-refractivity contribution >= 4 is 11.6 Å². The Morgan fingerprint density at radius 1 is 1.32 bits per heavy atom. The zero-order valence-electron chi connectivity index (χ0n) is 10.6. The molecule has 0 aliphatic heterocycles. The van der Waals surface area contributed by atoms with Gasteiger partial charge in [-0.3, -0.25) is 9.59 Å². The average Bonchev–Trinajstić information content (AvgIpc) is 2.74. The molecule has 7 heteroatoms. The van der Waals surface area contributed by atoms with Gasteiger partial charge in [-0.05, 0) is 0 Å². The van der Waals surface area contributed by atoms with Crippen LogP contribution in [0.3, 0.4) is 0 Å². The van der Waals surface area contributed by atoms with E-state index < -0.39 is 0 Å². The summed E-state index contributed by atoms with van der Waals surface area (Å²) >= 11 is 0. The second kappa shape index (κ2) is 6.80. The normalized spacial score (nSPS) is 13.7. The smallest absolute Gasteiger partial charge is 0.230 e. The molecule has 6 nitrogen and oxygen atoms in total. The van der Waals surface area contributed by atoms with E-state index in [0.717, 1.165) is 6.08 Å². The molecular formula is C12H13AcNO5. The Labute approximate surface area is 145 Å². The summed E-state index contributed by atoms with van der Waals surface area (Å²) in [5.74, 6) is -0.734. The summed E-state index contributed by atoms with van der Waals surface area (Å²) in [7, 11) is 2.81. The molecule has 1 aliphatic rings. The molecule has 2 N–H and O–H groups in total. The number of allylic oxidation sites excluding steroid dienone is 2. The second-order valence-electron chi connectivity index (χ2n) is 3.83. The van der Waals surface area contributed by atoms with Crippen LogP contribution in [0.15, 0.2) is 11.8 Å². The molecule has 2 rings (SSSR count). The van der Waals surface area contributed by atoms with E-state index in [-0.39, 0.29) is 85.9 Å². The summed E-state index contributed by atoms with van der Waals surface area (Å²) in [6.45, 7) is -0.160. The number of aliphatic hydroxyl groups excluding tert-OH is 1. The van der Waals surface area contributed by atoms with Crippen LogP contribution in [-0.2, 0) is 22.7 Å². The van der Waals surface area contributed by atoms with E-state index >= 15 is 0 Å². The third kappa shape index (κ3) is 2.84. The standard InChI is InChI=1S/C12H13NO5.Ac/c1-17-5-6-7(4-14)13-11-8(15)3-9(18-2)12(16)10(6)11;/h3,13-14H,4-5H2,1-2H3;. The van der Waals surface area contributed by atoms with Crippen molar-refractivity contribution in [1.29, 1.82) is 0 Å². The first kappa shape index (κ1) is 16.6. The van der Waals surface area contributed by atoms with Gasteiger partial charge in [0.05, 0.1) is 31.6 Å². The number of aromatic amines is 1. The van der Waals surface area contributed by atoms with Crippen molar-refractivity contribution in [2.45, 2.75) is 13.2 Å². The average molecular weight is 478 g/mol. The maximum Gasteiger partial charge on any atom is 0.230 e. The Morgan fingerprint density at radius 3 is 2.53 bits per heavy atom. The van der Waals surface area contributed by atoms with Crippen LogP contribution in [0, 0.1) is 44.1 Å². The summed E-state index contributed by atoms with van der Waals surface area (Å²) < 4.78 is 9.87. The Morgan fingerprint density at radius 2 is 2.00 bits per heavy atom. The number of rotatable bonds is 4. The van der Waals surface area contributed by atoms with Gasteiger partial charge in [0.2, 0.25) is 11.6 Å². The van der Waals surface area contributed by atoms with Crippen molar-refractivity contribution in [3.63, 3.8) is 0 Å². The van der Waals surface area contributed by atoms with Crippen LogP contribution in [0.4, 0.5) is 0 Å². The van der Waals surface area contributed by atoms with Crippen LogP contribution in [0.2, 0.25) is 0 Å². The zero-order valence-corrected chi connectivity index (χ0v) is 15.4. The van der Waals surface area contributed by atoms with Crippen LogP contribution in [0.25, 0.3) is 0 Å². The van der Waals surface area contributed by atoms with E-state index in [4.69, 9.17) is 9.47 Å². The van der Waals surface area contributed by atoms with Crippen molar-refractivity contribution in [1.82, 2.24) is 4.98 Å². The number of methoxy groups -OCH3 is 2. The molecule has 0 saturated heterocycles. The van der Waals surface area contributed by atoms with Crippen LogP contribution < -0.4 is 0 Å². The molecule has 0 bridgehead atoms. The predicted molar refractivity (Wildman–Crippen MR) is 61.2 cm³/mol. The van der Waals surface area contributed by atoms with E-state index in [1.165, 1.54) is 14.2 Å². The fourth-order valence-electron chi connectivity index (χ4n) is 2.00. The summed E-state index contributed by atoms with van der Waals surface area (Å²) in [5.41, 5.74) is 1.31. The number of aromatic nitrogens is 1. The van der Waals surface area contributed by atoms with Gasteiger partial charge in [-0.25, -0.2) is 0 Å². The van der Waals surface area contributed by atoms with E-state index in [2.05, 4.69) is 4.98 Å². The molecule has 0 amide bonds. The largest absolute Gasteiger partial charge is 0.492 e. The zero-order chi connectivity index (χ0) is 13.3. The first-order valence-corrected chi connectivity index (χ1v) is 5.32. The number of carbonyl (C=O) groups is 2. The first-order valence-electron chi connectivity index (χ1n) is 5.32. The molecule has 1 aromatic heterocycles. The molecule has 0 aromatic carbocycles. The van der Waals surface area contributed by atoms with Crippen molar-refractivity contribution in [2.24, 2.45) is 0 Å². The number of fused-ring (bicyclic) bond motifs is 1. The van der Waals surface area contributed by atoms with E-state index in [1.54, 1.807) is 0 Å². The van der Waals surface area contributed by atoms with Crippen molar-refractivity contribution in [2.75, 3.05) is 14.2 Å². The van der Waals surface area contributed by atoms with Crippen LogP contribution in [0.5, 0.6) is 0 Å². The third-order valence-electron chi connectivity index (χ3n) is 2.82. The van der Waals surface area contributed by atoms with Crippen molar-refractivity contribution in [3.8, 4) is 0 Å². The maximum atomic E-state index is 12.1. The molecule has 1 heterocycles. The molecule has 19 heavy (non-hydrogen) atoms. The van der Waals surface area contributed by atoms with Gasteiger partial charge >= 0.3 is 0 Å². The van der Waals surface area contributed by atoms with Crippen LogP contribution in [-0.4, -0.2) is 35.9 Å². The summed E-state index contributed by atoms with van der Waals surface area (Å²) in [4.78, 5) is 26.7. The summed E-state index contributed by atoms with van der Waals surface area (Å²) in [5, 5.41) is 9.23. The molecule has 0 atom stereocenters. The number of H-pyrrole nitrogens is 1. The Bertz CT molecular complexity index is 547. The number of ketones is 2. The second-order valence-corrected chi connectivity index (χ2v) is 3.83. The van der Waals surface area contributed by atoms with E-state index in [0.29, 0.717) is 11.3 Å². The molecule has 0 spiro atoms. The molecule has 1 aromatic rings. The number of hydrogen-bond acceptors (Lipinski definition) is 5. The van der Waals surface area contributed by atoms with E-state index in [9.17, 15) is 14.7 Å². The van der Waals surface area contributed by atoms with Crippen molar-refractivity contribution in [3.05, 3.63) is 34.3 Å². The fourth-order valence-corrected chi connectivity index (χ4v) is 2.00. The van der Waals surface area contributed by atoms with Gasteiger partial charge in [0.1, 0.15) is 0 Å². The Kier molecular flexibility index (Phi) is 5.93. The third-order valence-corrected chi connectivity index (χ3v) is 2.82. The minimum Gasteiger partial charge on any atom is -0.492 e. The van der Waals surface area contributed by atoms with Gasteiger partial charge in [0.25, 0.3) is 0 Å². The quantitative estimate of drug-likeness (QED) is 0.661. The van der Waals surface area contributed by atoms with Crippen molar-refractivity contribution < 1.29 is 68.2 Å². The predicted octanol–water partition coefficient (Wildman–Crippen LogP) is 0.563.